The Balaban J connectivity index is 3.15. The highest BCUT2D eigenvalue weighted by Crippen LogP contribution is 2.39. The molecule has 0 aromatic rings. The van der Waals surface area contributed by atoms with Gasteiger partial charge >= 0.3 is 18.7 Å². The molecule has 3 N–H and O–H groups in total. The van der Waals surface area contributed by atoms with Crippen molar-refractivity contribution >= 4 is 19.4 Å². The molecule has 0 aliphatic carbocycles. The zero-order valence-electron chi connectivity index (χ0n) is 17.5. The van der Waals surface area contributed by atoms with Gasteiger partial charge in [-0.2, -0.15) is 35.8 Å². The molecule has 1 heterocycles. The molecule has 0 saturated heterocycles. The van der Waals surface area contributed by atoms with Crippen molar-refractivity contribution in [1.29, 1.82) is 5.41 Å². The standard InChI is InChI=1S/C16H24BF7N4O3/c1-13(2,29)14(3,4)31-17-8-6-27-28(7-8)11(26-5)9(30-12(18)19)10(25)15(20,21)16(22,23)24/h6,8,12,17,25-26,29H,7H2,1-5H3/b11-9-,25-10?. The van der Waals surface area contributed by atoms with E-state index in [-0.39, 0.29) is 14.0 Å². The van der Waals surface area contributed by atoms with Gasteiger partial charge in [-0.3, -0.25) is 5.41 Å². The van der Waals surface area contributed by atoms with Crippen molar-refractivity contribution < 1.29 is 45.2 Å². The number of halogens is 7. The molecule has 178 valence electrons. The van der Waals surface area contributed by atoms with Crippen LogP contribution in [0.15, 0.2) is 16.7 Å². The van der Waals surface area contributed by atoms with Gasteiger partial charge in [0.1, 0.15) is 0 Å². The minimum atomic E-state index is -6.20. The first-order chi connectivity index (χ1) is 13.8. The Morgan fingerprint density at radius 1 is 1.23 bits per heavy atom. The van der Waals surface area contributed by atoms with Gasteiger partial charge in [0.05, 0.1) is 11.2 Å². The molecule has 1 aliphatic heterocycles. The van der Waals surface area contributed by atoms with Gasteiger partial charge in [-0.15, -0.1) is 0 Å². The second kappa shape index (κ2) is 9.22. The van der Waals surface area contributed by atoms with Crippen LogP contribution in [0.3, 0.4) is 0 Å². The number of nitrogens with zero attached hydrogens (tertiary/aromatic N) is 2. The summed E-state index contributed by atoms with van der Waals surface area (Å²) >= 11 is 0. The lowest BCUT2D eigenvalue weighted by atomic mass is 9.78. The first-order valence-electron chi connectivity index (χ1n) is 8.94. The predicted molar refractivity (Wildman–Crippen MR) is 99.5 cm³/mol. The molecule has 1 aliphatic rings. The fourth-order valence-corrected chi connectivity index (χ4v) is 2.19. The average Bonchev–Trinajstić information content (AvgIpc) is 3.05. The zero-order valence-corrected chi connectivity index (χ0v) is 17.5. The lowest BCUT2D eigenvalue weighted by Gasteiger charge is -2.38. The largest absolute Gasteiger partial charge is 0.459 e. The molecule has 0 fully saturated rings. The lowest BCUT2D eigenvalue weighted by molar-refractivity contribution is -0.250. The number of allylic oxidation sites excluding steroid dienone is 1. The predicted octanol–water partition coefficient (Wildman–Crippen LogP) is 2.84. The number of hydrogen-bond donors (Lipinski definition) is 3. The topological polar surface area (TPSA) is 90.2 Å². The quantitative estimate of drug-likeness (QED) is 0.200. The van der Waals surface area contributed by atoms with Crippen LogP contribution in [0, 0.1) is 5.41 Å². The summed E-state index contributed by atoms with van der Waals surface area (Å²) in [5.41, 5.74) is -4.73. The van der Waals surface area contributed by atoms with Crippen molar-refractivity contribution in [3.63, 3.8) is 0 Å². The van der Waals surface area contributed by atoms with E-state index in [4.69, 9.17) is 10.1 Å². The van der Waals surface area contributed by atoms with Gasteiger partial charge in [0.2, 0.25) is 0 Å². The molecular formula is C16H24BF7N4O3. The van der Waals surface area contributed by atoms with E-state index in [9.17, 15) is 35.8 Å². The fourth-order valence-electron chi connectivity index (χ4n) is 2.19. The maximum atomic E-state index is 13.6. The molecule has 1 unspecified atom stereocenters. The number of alkyl halides is 7. The Morgan fingerprint density at radius 3 is 2.19 bits per heavy atom. The molecule has 0 saturated carbocycles. The molecule has 0 aromatic carbocycles. The van der Waals surface area contributed by atoms with E-state index in [0.29, 0.717) is 0 Å². The van der Waals surface area contributed by atoms with Crippen molar-refractivity contribution in [1.82, 2.24) is 10.3 Å². The highest BCUT2D eigenvalue weighted by Gasteiger charge is 2.62. The second-order valence-corrected chi connectivity index (χ2v) is 7.74. The van der Waals surface area contributed by atoms with Gasteiger partial charge in [0.25, 0.3) is 7.48 Å². The maximum absolute atomic E-state index is 13.6. The highest BCUT2D eigenvalue weighted by atomic mass is 19.4. The third kappa shape index (κ3) is 6.25. The first kappa shape index (κ1) is 27.0. The van der Waals surface area contributed by atoms with Crippen LogP contribution in [0.25, 0.3) is 0 Å². The SMILES string of the molecule is CN/C(=C(/OC(F)F)C(=N)C(F)(F)C(F)(F)F)N1CC(BOC(C)(C)C(C)(C)O)C=N1. The van der Waals surface area contributed by atoms with Crippen LogP contribution >= 0.6 is 0 Å². The summed E-state index contributed by atoms with van der Waals surface area (Å²) < 4.78 is 100. The summed E-state index contributed by atoms with van der Waals surface area (Å²) in [6.07, 6.45) is -4.93. The van der Waals surface area contributed by atoms with Crippen LogP contribution in [0.2, 0.25) is 5.82 Å². The summed E-state index contributed by atoms with van der Waals surface area (Å²) in [7, 11) is 1.02. The summed E-state index contributed by atoms with van der Waals surface area (Å²) in [5.74, 6) is -8.76. The van der Waals surface area contributed by atoms with Gasteiger partial charge in [-0.1, -0.05) is 0 Å². The van der Waals surface area contributed by atoms with E-state index in [0.717, 1.165) is 12.1 Å². The van der Waals surface area contributed by atoms with Crippen molar-refractivity contribution in [3.8, 4) is 0 Å². The smallest absolute Gasteiger partial charge is 0.431 e. The molecule has 0 bridgehead atoms. The van der Waals surface area contributed by atoms with Gasteiger partial charge < -0.3 is 19.8 Å². The molecule has 0 radical (unpaired) electrons. The Kier molecular flexibility index (Phi) is 8.04. The number of ether oxygens (including phenoxy) is 1. The molecule has 0 aromatic heterocycles. The third-order valence-electron chi connectivity index (χ3n) is 4.77. The van der Waals surface area contributed by atoms with E-state index in [1.165, 1.54) is 20.1 Å². The van der Waals surface area contributed by atoms with Crippen molar-refractivity contribution in [2.75, 3.05) is 13.6 Å². The van der Waals surface area contributed by atoms with E-state index < -0.39 is 53.0 Å². The fraction of sp³-hybridized carbons (Fsp3) is 0.750. The second-order valence-electron chi connectivity index (χ2n) is 7.74. The van der Waals surface area contributed by atoms with Crippen molar-refractivity contribution in [2.45, 2.75) is 63.4 Å². The maximum Gasteiger partial charge on any atom is 0.459 e. The Morgan fingerprint density at radius 2 is 1.77 bits per heavy atom. The normalized spacial score (nSPS) is 18.9. The van der Waals surface area contributed by atoms with Crippen LogP contribution in [-0.2, 0) is 9.39 Å². The average molecular weight is 464 g/mol. The molecule has 0 spiro atoms. The Labute approximate surface area is 175 Å². The van der Waals surface area contributed by atoms with Crippen molar-refractivity contribution in [2.24, 2.45) is 5.10 Å². The van der Waals surface area contributed by atoms with E-state index in [1.54, 1.807) is 13.8 Å². The van der Waals surface area contributed by atoms with Gasteiger partial charge in [-0.05, 0) is 27.7 Å². The Bertz CT molecular complexity index is 721. The number of nitrogens with one attached hydrogen (secondary N) is 2. The van der Waals surface area contributed by atoms with Gasteiger partial charge in [0, 0.05) is 25.6 Å². The van der Waals surface area contributed by atoms with E-state index in [1.807, 2.05) is 0 Å². The number of rotatable bonds is 10. The zero-order chi connectivity index (χ0) is 24.4. The van der Waals surface area contributed by atoms with Crippen LogP contribution in [0.5, 0.6) is 0 Å². The van der Waals surface area contributed by atoms with Crippen LogP contribution < -0.4 is 5.32 Å². The molecule has 15 heteroatoms. The van der Waals surface area contributed by atoms with E-state index in [2.05, 4.69) is 15.2 Å². The number of hydrazone groups is 1. The highest BCUT2D eigenvalue weighted by molar-refractivity contribution is 6.36. The molecule has 7 nitrogen and oxygen atoms in total. The molecular weight excluding hydrogens is 440 g/mol. The lowest BCUT2D eigenvalue weighted by Crippen LogP contribution is -2.48. The summed E-state index contributed by atoms with van der Waals surface area (Å²) in [6, 6.07) is 0. The molecule has 31 heavy (non-hydrogen) atoms. The Hall–Kier alpha value is -2.03. The van der Waals surface area contributed by atoms with E-state index >= 15 is 0 Å². The first-order valence-corrected chi connectivity index (χ1v) is 8.94. The van der Waals surface area contributed by atoms with Crippen molar-refractivity contribution in [3.05, 3.63) is 11.6 Å². The minimum absolute atomic E-state index is 0.0326. The van der Waals surface area contributed by atoms with Crippen LogP contribution in [0.1, 0.15) is 27.7 Å². The molecule has 1 rings (SSSR count). The monoisotopic (exact) mass is 464 g/mol. The molecule has 0 amide bonds. The summed E-state index contributed by atoms with van der Waals surface area (Å²) in [4.78, 5) is 0. The van der Waals surface area contributed by atoms with Crippen LogP contribution in [0.4, 0.5) is 30.7 Å². The number of aliphatic hydroxyl groups is 1. The summed E-state index contributed by atoms with van der Waals surface area (Å²) in [6.45, 7) is 2.32. The van der Waals surface area contributed by atoms with Gasteiger partial charge in [0.15, 0.2) is 17.3 Å². The molecule has 1 atom stereocenters. The van der Waals surface area contributed by atoms with Crippen LogP contribution in [-0.4, -0.2) is 73.0 Å². The minimum Gasteiger partial charge on any atom is -0.431 e. The third-order valence-corrected chi connectivity index (χ3v) is 4.77. The number of hydrogen-bond acceptors (Lipinski definition) is 7. The van der Waals surface area contributed by atoms with Gasteiger partial charge in [-0.25, -0.2) is 5.01 Å². The summed E-state index contributed by atoms with van der Waals surface area (Å²) in [5, 5.41) is 24.1.